The van der Waals surface area contributed by atoms with Gasteiger partial charge in [-0.1, -0.05) is 13.3 Å². The van der Waals surface area contributed by atoms with Gasteiger partial charge in [-0.3, -0.25) is 14.8 Å². The highest BCUT2D eigenvalue weighted by molar-refractivity contribution is 5.94. The normalized spacial score (nSPS) is 16.8. The molecule has 1 fully saturated rings. The van der Waals surface area contributed by atoms with Gasteiger partial charge >= 0.3 is 0 Å². The Balaban J connectivity index is 1.79. The van der Waals surface area contributed by atoms with E-state index in [2.05, 4.69) is 16.9 Å². The number of hydrogen-bond donors (Lipinski definition) is 0. The zero-order chi connectivity index (χ0) is 17.5. The molecule has 2 aromatic heterocycles. The minimum atomic E-state index is 0.0343. The summed E-state index contributed by atoms with van der Waals surface area (Å²) in [6, 6.07) is 7.62. The second kappa shape index (κ2) is 8.72. The molecule has 2 aromatic rings. The summed E-state index contributed by atoms with van der Waals surface area (Å²) in [6.07, 6.45) is 9.36. The maximum atomic E-state index is 13.1. The van der Waals surface area contributed by atoms with E-state index in [1.807, 2.05) is 23.1 Å². The molecule has 0 saturated carbocycles. The van der Waals surface area contributed by atoms with Crippen molar-refractivity contribution in [2.75, 3.05) is 13.2 Å². The predicted octanol–water partition coefficient (Wildman–Crippen LogP) is 3.25. The summed E-state index contributed by atoms with van der Waals surface area (Å²) < 4.78 is 5.75. The van der Waals surface area contributed by atoms with Crippen molar-refractivity contribution in [3.05, 3.63) is 59.7 Å². The third-order valence-electron chi connectivity index (χ3n) is 4.43. The van der Waals surface area contributed by atoms with Gasteiger partial charge in [0.1, 0.15) is 0 Å². The van der Waals surface area contributed by atoms with Gasteiger partial charge in [-0.15, -0.1) is 0 Å². The van der Waals surface area contributed by atoms with Crippen LogP contribution in [-0.2, 0) is 17.7 Å². The number of ether oxygens (including phenoxy) is 1. The van der Waals surface area contributed by atoms with Gasteiger partial charge in [-0.05, 0) is 49.1 Å². The lowest BCUT2D eigenvalue weighted by molar-refractivity contribution is 0.0507. The maximum Gasteiger partial charge on any atom is 0.254 e. The number of carbonyl (C=O) groups excluding carboxylic acids is 1. The molecule has 1 atom stereocenters. The molecule has 25 heavy (non-hydrogen) atoms. The molecule has 132 valence electrons. The molecule has 0 radical (unpaired) electrons. The van der Waals surface area contributed by atoms with E-state index in [0.717, 1.165) is 43.5 Å². The smallest absolute Gasteiger partial charge is 0.254 e. The van der Waals surface area contributed by atoms with E-state index in [4.69, 9.17) is 4.74 Å². The van der Waals surface area contributed by atoms with Crippen molar-refractivity contribution in [3.8, 4) is 0 Å². The van der Waals surface area contributed by atoms with Gasteiger partial charge in [0.05, 0.1) is 6.10 Å². The third kappa shape index (κ3) is 4.86. The summed E-state index contributed by atoms with van der Waals surface area (Å²) in [5.74, 6) is 0.0343. The first-order valence-corrected chi connectivity index (χ1v) is 9.01. The zero-order valence-electron chi connectivity index (χ0n) is 14.7. The lowest BCUT2D eigenvalue weighted by atomic mass is 10.1. The van der Waals surface area contributed by atoms with E-state index < -0.39 is 0 Å². The Morgan fingerprint density at radius 3 is 2.84 bits per heavy atom. The van der Waals surface area contributed by atoms with Gasteiger partial charge in [-0.2, -0.15) is 0 Å². The van der Waals surface area contributed by atoms with Crippen molar-refractivity contribution >= 4 is 5.91 Å². The Bertz CT molecular complexity index is 684. The average Bonchev–Trinajstić information content (AvgIpc) is 3.15. The Morgan fingerprint density at radius 2 is 2.12 bits per heavy atom. The highest BCUT2D eigenvalue weighted by Crippen LogP contribution is 2.17. The Kier molecular flexibility index (Phi) is 6.12. The van der Waals surface area contributed by atoms with E-state index in [-0.39, 0.29) is 12.0 Å². The van der Waals surface area contributed by atoms with Crippen molar-refractivity contribution in [2.45, 2.75) is 45.3 Å². The van der Waals surface area contributed by atoms with Crippen LogP contribution in [0.5, 0.6) is 0 Å². The standard InChI is InChI=1S/C20H25N3O2/c1-2-4-18-13-17(8-11-22-18)20(24)23(15-19-5-3-12-25-19)14-16-6-9-21-10-7-16/h6-11,13,19H,2-5,12,14-15H2,1H3. The molecule has 1 aliphatic heterocycles. The molecule has 1 aliphatic rings. The van der Waals surface area contributed by atoms with Crippen molar-refractivity contribution in [1.82, 2.24) is 14.9 Å². The number of pyridine rings is 2. The second-order valence-electron chi connectivity index (χ2n) is 6.46. The second-order valence-corrected chi connectivity index (χ2v) is 6.46. The fraction of sp³-hybridized carbons (Fsp3) is 0.450. The van der Waals surface area contributed by atoms with E-state index in [0.29, 0.717) is 18.7 Å². The number of hydrogen-bond acceptors (Lipinski definition) is 4. The number of aromatic nitrogens is 2. The van der Waals surface area contributed by atoms with Gasteiger partial charge < -0.3 is 9.64 Å². The molecule has 0 aliphatic carbocycles. The van der Waals surface area contributed by atoms with Crippen LogP contribution >= 0.6 is 0 Å². The minimum Gasteiger partial charge on any atom is -0.376 e. The average molecular weight is 339 g/mol. The summed E-state index contributed by atoms with van der Waals surface area (Å²) >= 11 is 0. The largest absolute Gasteiger partial charge is 0.376 e. The molecule has 0 N–H and O–H groups in total. The van der Waals surface area contributed by atoms with Gasteiger partial charge in [0.15, 0.2) is 0 Å². The number of carbonyl (C=O) groups is 1. The SMILES string of the molecule is CCCc1cc(C(=O)N(Cc2ccncc2)CC2CCCO2)ccn1. The molecule has 0 spiro atoms. The van der Waals surface area contributed by atoms with Gasteiger partial charge in [0.25, 0.3) is 5.91 Å². The quantitative estimate of drug-likeness (QED) is 0.777. The molecule has 5 heteroatoms. The first kappa shape index (κ1) is 17.5. The van der Waals surface area contributed by atoms with Crippen molar-refractivity contribution < 1.29 is 9.53 Å². The minimum absolute atomic E-state index is 0.0343. The monoisotopic (exact) mass is 339 g/mol. The number of nitrogens with zero attached hydrogens (tertiary/aromatic N) is 3. The molecule has 1 unspecified atom stereocenters. The summed E-state index contributed by atoms with van der Waals surface area (Å²) in [6.45, 7) is 4.08. The number of amides is 1. The Labute approximate surface area is 149 Å². The van der Waals surface area contributed by atoms with Crippen LogP contribution in [0.25, 0.3) is 0 Å². The van der Waals surface area contributed by atoms with Gasteiger partial charge in [-0.25, -0.2) is 0 Å². The first-order valence-electron chi connectivity index (χ1n) is 9.01. The highest BCUT2D eigenvalue weighted by atomic mass is 16.5. The van der Waals surface area contributed by atoms with Crippen LogP contribution in [0.3, 0.4) is 0 Å². The van der Waals surface area contributed by atoms with Gasteiger partial charge in [0.2, 0.25) is 0 Å². The van der Waals surface area contributed by atoms with Gasteiger partial charge in [0, 0.05) is 49.5 Å². The summed E-state index contributed by atoms with van der Waals surface area (Å²) in [7, 11) is 0. The van der Waals surface area contributed by atoms with E-state index in [9.17, 15) is 4.79 Å². The number of aryl methyl sites for hydroxylation is 1. The molecule has 3 rings (SSSR count). The van der Waals surface area contributed by atoms with Crippen LogP contribution in [0.4, 0.5) is 0 Å². The fourth-order valence-electron chi connectivity index (χ4n) is 3.15. The van der Waals surface area contributed by atoms with Crippen LogP contribution < -0.4 is 0 Å². The van der Waals surface area contributed by atoms with E-state index >= 15 is 0 Å². The zero-order valence-corrected chi connectivity index (χ0v) is 14.7. The topological polar surface area (TPSA) is 55.3 Å². The highest BCUT2D eigenvalue weighted by Gasteiger charge is 2.24. The molecule has 0 aromatic carbocycles. The Morgan fingerprint density at radius 1 is 1.28 bits per heavy atom. The first-order chi connectivity index (χ1) is 12.3. The van der Waals surface area contributed by atoms with Crippen LogP contribution in [0.2, 0.25) is 0 Å². The summed E-state index contributed by atoms with van der Waals surface area (Å²) in [4.78, 5) is 23.4. The summed E-state index contributed by atoms with van der Waals surface area (Å²) in [5.41, 5.74) is 2.74. The van der Waals surface area contributed by atoms with E-state index in [1.165, 1.54) is 0 Å². The molecular formula is C20H25N3O2. The number of rotatable bonds is 7. The maximum absolute atomic E-state index is 13.1. The van der Waals surface area contributed by atoms with Crippen LogP contribution in [0.15, 0.2) is 42.9 Å². The lowest BCUT2D eigenvalue weighted by Crippen LogP contribution is -2.37. The predicted molar refractivity (Wildman–Crippen MR) is 96.2 cm³/mol. The van der Waals surface area contributed by atoms with Crippen LogP contribution in [0.1, 0.15) is 47.8 Å². The van der Waals surface area contributed by atoms with E-state index in [1.54, 1.807) is 24.7 Å². The lowest BCUT2D eigenvalue weighted by Gasteiger charge is -2.26. The Hall–Kier alpha value is -2.27. The van der Waals surface area contributed by atoms with Crippen LogP contribution in [-0.4, -0.2) is 40.0 Å². The fourth-order valence-corrected chi connectivity index (χ4v) is 3.15. The molecular weight excluding hydrogens is 314 g/mol. The molecule has 1 amide bonds. The summed E-state index contributed by atoms with van der Waals surface area (Å²) in [5, 5.41) is 0. The molecule has 3 heterocycles. The molecule has 0 bridgehead atoms. The van der Waals surface area contributed by atoms with Crippen molar-refractivity contribution in [2.24, 2.45) is 0 Å². The third-order valence-corrected chi connectivity index (χ3v) is 4.43. The van der Waals surface area contributed by atoms with Crippen molar-refractivity contribution in [1.29, 1.82) is 0 Å². The van der Waals surface area contributed by atoms with Crippen molar-refractivity contribution in [3.63, 3.8) is 0 Å². The molecule has 5 nitrogen and oxygen atoms in total. The molecule has 1 saturated heterocycles. The van der Waals surface area contributed by atoms with Crippen LogP contribution in [0, 0.1) is 0 Å².